The number of hydrazone groups is 1. The van der Waals surface area contributed by atoms with Gasteiger partial charge in [0.05, 0.1) is 11.4 Å². The number of nitrogens with zero attached hydrogens (tertiary/aromatic N) is 3. The maximum absolute atomic E-state index is 4.96. The fraction of sp³-hybridized carbons (Fsp3) is 0.300. The van der Waals surface area contributed by atoms with Crippen molar-refractivity contribution in [2.24, 2.45) is 15.9 Å². The van der Waals surface area contributed by atoms with Gasteiger partial charge in [-0.2, -0.15) is 5.10 Å². The average molecular weight is 453 g/mol. The molecular weight excluding hydrogens is 416 g/mol. The summed E-state index contributed by atoms with van der Waals surface area (Å²) in [5, 5.41) is 9.13. The molecule has 1 N–H and O–H groups in total. The second-order valence-corrected chi connectivity index (χ2v) is 11.0. The van der Waals surface area contributed by atoms with E-state index in [1.54, 1.807) is 0 Å². The molecule has 0 atom stereocenters. The average Bonchev–Trinajstić information content (AvgIpc) is 2.82. The van der Waals surface area contributed by atoms with Crippen LogP contribution in [0, 0.1) is 10.8 Å². The van der Waals surface area contributed by atoms with E-state index in [1.165, 1.54) is 11.1 Å². The second kappa shape index (κ2) is 9.38. The molecule has 34 heavy (non-hydrogen) atoms. The number of para-hydroxylation sites is 2. The summed E-state index contributed by atoms with van der Waals surface area (Å²) in [6.45, 7) is 14.2. The van der Waals surface area contributed by atoms with Gasteiger partial charge in [0.15, 0.2) is 5.84 Å². The van der Waals surface area contributed by atoms with E-state index < -0.39 is 0 Å². The largest absolute Gasteiger partial charge is 0.278 e. The zero-order valence-corrected chi connectivity index (χ0v) is 21.2. The summed E-state index contributed by atoms with van der Waals surface area (Å²) in [5.74, 6) is 0.822. The molecule has 4 nitrogen and oxygen atoms in total. The number of rotatable bonds is 4. The van der Waals surface area contributed by atoms with Crippen LogP contribution >= 0.6 is 0 Å². The molecule has 0 fully saturated rings. The van der Waals surface area contributed by atoms with Gasteiger partial charge < -0.3 is 0 Å². The summed E-state index contributed by atoms with van der Waals surface area (Å²) in [6.07, 6.45) is 2.40. The van der Waals surface area contributed by atoms with Crippen LogP contribution in [0.1, 0.15) is 52.7 Å². The highest BCUT2D eigenvalue weighted by Crippen LogP contribution is 2.37. The van der Waals surface area contributed by atoms with Crippen LogP contribution in [0.4, 0.5) is 11.4 Å². The Morgan fingerprint density at radius 3 is 1.85 bits per heavy atom. The van der Waals surface area contributed by atoms with E-state index in [-0.39, 0.29) is 10.8 Å². The third kappa shape index (κ3) is 5.69. The molecule has 3 aromatic rings. The van der Waals surface area contributed by atoms with Crippen LogP contribution in [0.5, 0.6) is 0 Å². The summed E-state index contributed by atoms with van der Waals surface area (Å²) >= 11 is 0. The van der Waals surface area contributed by atoms with Crippen LogP contribution in [0.2, 0.25) is 0 Å². The van der Waals surface area contributed by atoms with Crippen LogP contribution in [0.3, 0.4) is 0 Å². The van der Waals surface area contributed by atoms with E-state index in [0.29, 0.717) is 6.67 Å². The lowest BCUT2D eigenvalue weighted by molar-refractivity contribution is 0.517. The van der Waals surface area contributed by atoms with Gasteiger partial charge in [0.2, 0.25) is 0 Å². The molecule has 1 aliphatic rings. The van der Waals surface area contributed by atoms with E-state index in [4.69, 9.17) is 5.10 Å². The highest BCUT2D eigenvalue weighted by atomic mass is 15.7. The second-order valence-electron chi connectivity index (χ2n) is 11.0. The Morgan fingerprint density at radius 2 is 1.32 bits per heavy atom. The number of benzene rings is 3. The summed E-state index contributed by atoms with van der Waals surface area (Å²) in [5.41, 5.74) is 9.52. The van der Waals surface area contributed by atoms with Crippen LogP contribution < -0.4 is 15.4 Å². The van der Waals surface area contributed by atoms with Gasteiger partial charge in [0.1, 0.15) is 6.67 Å². The number of amidine groups is 1. The summed E-state index contributed by atoms with van der Waals surface area (Å²) in [7, 11) is 0. The Bertz CT molecular complexity index is 1150. The van der Waals surface area contributed by atoms with Gasteiger partial charge in [-0.3, -0.25) is 10.4 Å². The van der Waals surface area contributed by atoms with Crippen molar-refractivity contribution < 1.29 is 0 Å². The quantitative estimate of drug-likeness (QED) is 0.450. The maximum atomic E-state index is 4.96. The van der Waals surface area contributed by atoms with Gasteiger partial charge in [0, 0.05) is 5.56 Å². The minimum Gasteiger partial charge on any atom is -0.278 e. The smallest absolute Gasteiger partial charge is 0.172 e. The van der Waals surface area contributed by atoms with E-state index in [1.807, 2.05) is 29.3 Å². The van der Waals surface area contributed by atoms with Crippen LogP contribution in [0.25, 0.3) is 5.57 Å². The van der Waals surface area contributed by atoms with Gasteiger partial charge in [-0.05, 0) is 46.2 Å². The Kier molecular flexibility index (Phi) is 6.52. The minimum atomic E-state index is 0.0591. The van der Waals surface area contributed by atoms with Crippen molar-refractivity contribution in [3.05, 3.63) is 102 Å². The molecule has 0 unspecified atom stereocenters. The van der Waals surface area contributed by atoms with E-state index in [2.05, 4.69) is 119 Å². The van der Waals surface area contributed by atoms with Crippen LogP contribution in [-0.4, -0.2) is 12.5 Å². The lowest BCUT2D eigenvalue weighted by Crippen LogP contribution is -2.53. The fourth-order valence-corrected chi connectivity index (χ4v) is 4.06. The Morgan fingerprint density at radius 1 is 0.765 bits per heavy atom. The summed E-state index contributed by atoms with van der Waals surface area (Å²) < 4.78 is 0. The van der Waals surface area contributed by atoms with E-state index in [9.17, 15) is 0 Å². The molecule has 0 saturated carbocycles. The number of hydrazine groups is 1. The lowest BCUT2D eigenvalue weighted by Gasteiger charge is -2.36. The first kappa shape index (κ1) is 23.6. The Hall–Kier alpha value is -3.53. The van der Waals surface area contributed by atoms with Crippen LogP contribution in [-0.2, 0) is 0 Å². The van der Waals surface area contributed by atoms with Crippen molar-refractivity contribution in [3.63, 3.8) is 0 Å². The number of allylic oxidation sites excluding steroid dienone is 2. The van der Waals surface area contributed by atoms with Crippen molar-refractivity contribution in [1.29, 1.82) is 0 Å². The number of anilines is 2. The maximum Gasteiger partial charge on any atom is 0.172 e. The molecule has 176 valence electrons. The number of hydrogen-bond donors (Lipinski definition) is 1. The molecule has 0 aromatic heterocycles. The monoisotopic (exact) mass is 452 g/mol. The van der Waals surface area contributed by atoms with Crippen molar-refractivity contribution in [2.75, 3.05) is 16.7 Å². The van der Waals surface area contributed by atoms with E-state index in [0.717, 1.165) is 22.8 Å². The highest BCUT2D eigenvalue weighted by molar-refractivity contribution is 6.01. The zero-order chi connectivity index (χ0) is 24.3. The molecule has 4 heteroatoms. The van der Waals surface area contributed by atoms with Gasteiger partial charge in [-0.25, -0.2) is 5.01 Å². The highest BCUT2D eigenvalue weighted by Gasteiger charge is 2.24. The predicted octanol–water partition coefficient (Wildman–Crippen LogP) is 7.31. The Balaban J connectivity index is 1.70. The molecule has 0 saturated heterocycles. The lowest BCUT2D eigenvalue weighted by atomic mass is 9.78. The fourth-order valence-electron chi connectivity index (χ4n) is 4.06. The first-order valence-corrected chi connectivity index (χ1v) is 11.9. The molecule has 0 bridgehead atoms. The molecule has 3 aromatic carbocycles. The topological polar surface area (TPSA) is 30.9 Å². The van der Waals surface area contributed by atoms with Crippen LogP contribution in [0.15, 0.2) is 96.1 Å². The standard InChI is InChI=1S/C30H36N4/c1-29(2,3)21-27(30(4,5)6)23-17-19-24(20-18-23)28-31-33(25-13-9-7-10-14-25)22-34(32-28)26-15-11-8-12-16-26/h7-21H,22H2,1-6H3,(H,31,32)/b27-21+. The third-order valence-electron chi connectivity index (χ3n) is 5.71. The van der Waals surface area contributed by atoms with Crippen molar-refractivity contribution in [3.8, 4) is 0 Å². The first-order valence-electron chi connectivity index (χ1n) is 11.9. The SMILES string of the molecule is CC(C)(C)/C=C(\c1ccc(C2=NN(c3ccccc3)CN(c3ccccc3)N2)cc1)C(C)(C)C. The molecule has 0 amide bonds. The van der Waals surface area contributed by atoms with Gasteiger partial charge in [-0.1, -0.05) is 108 Å². The predicted molar refractivity (Wildman–Crippen MR) is 146 cm³/mol. The zero-order valence-electron chi connectivity index (χ0n) is 21.2. The molecule has 1 aliphatic heterocycles. The molecular formula is C30H36N4. The Labute approximate surface area is 204 Å². The molecule has 0 aliphatic carbocycles. The number of nitrogens with one attached hydrogen (secondary N) is 1. The minimum absolute atomic E-state index is 0.0591. The first-order chi connectivity index (χ1) is 16.1. The van der Waals surface area contributed by atoms with Crippen molar-refractivity contribution in [2.45, 2.75) is 41.5 Å². The van der Waals surface area contributed by atoms with Gasteiger partial charge >= 0.3 is 0 Å². The van der Waals surface area contributed by atoms with Crippen molar-refractivity contribution >= 4 is 22.8 Å². The van der Waals surface area contributed by atoms with Crippen molar-refractivity contribution in [1.82, 2.24) is 5.43 Å². The summed E-state index contributed by atoms with van der Waals surface area (Å²) in [4.78, 5) is 0. The third-order valence-corrected chi connectivity index (χ3v) is 5.71. The molecule has 0 radical (unpaired) electrons. The van der Waals surface area contributed by atoms with Gasteiger partial charge in [-0.15, -0.1) is 0 Å². The molecule has 4 rings (SSSR count). The van der Waals surface area contributed by atoms with Gasteiger partial charge in [0.25, 0.3) is 0 Å². The molecule has 1 heterocycles. The summed E-state index contributed by atoms with van der Waals surface area (Å²) in [6, 6.07) is 29.4. The normalized spacial score (nSPS) is 15.1. The van der Waals surface area contributed by atoms with E-state index >= 15 is 0 Å². The number of hydrogen-bond acceptors (Lipinski definition) is 4. The molecule has 0 spiro atoms.